The van der Waals surface area contributed by atoms with Gasteiger partial charge in [-0.3, -0.25) is 0 Å². The van der Waals surface area contributed by atoms with Crippen molar-refractivity contribution >= 4 is 21.7 Å². The van der Waals surface area contributed by atoms with Crippen molar-refractivity contribution in [3.63, 3.8) is 0 Å². The van der Waals surface area contributed by atoms with E-state index in [9.17, 15) is 0 Å². The number of nitrogens with zero attached hydrogens (tertiary/aromatic N) is 3. The van der Waals surface area contributed by atoms with E-state index < -0.39 is 0 Å². The number of hydrogen-bond donors (Lipinski definition) is 0. The van der Waals surface area contributed by atoms with Gasteiger partial charge in [0.15, 0.2) is 0 Å². The monoisotopic (exact) mass is 313 g/mol. The highest BCUT2D eigenvalue weighted by Gasteiger charge is 2.24. The van der Waals surface area contributed by atoms with Crippen molar-refractivity contribution in [1.82, 2.24) is 9.97 Å². The lowest BCUT2D eigenvalue weighted by Gasteiger charge is -2.34. The molecule has 0 saturated carbocycles. The van der Waals surface area contributed by atoms with E-state index in [-0.39, 0.29) is 0 Å². The predicted octanol–water partition coefficient (Wildman–Crippen LogP) is 2.88. The number of ether oxygens (including phenoxy) is 1. The molecule has 2 atom stereocenters. The molecule has 2 rings (SSSR count). The zero-order chi connectivity index (χ0) is 13.0. The number of rotatable bonds is 4. The van der Waals surface area contributed by atoms with Gasteiger partial charge in [0.1, 0.15) is 12.1 Å². The summed E-state index contributed by atoms with van der Waals surface area (Å²) in [4.78, 5) is 11.3. The standard InChI is InChI=1S/C13H20BrN3O/c1-3-6-18-13-7-12(15-9-16-13)17-5-4-10(2)11(14)8-17/h7,9-11H,3-6,8H2,1-2H3. The molecule has 0 bridgehead atoms. The third-order valence-corrected chi connectivity index (χ3v) is 4.46. The van der Waals surface area contributed by atoms with E-state index in [4.69, 9.17) is 4.74 Å². The van der Waals surface area contributed by atoms with Gasteiger partial charge in [0.25, 0.3) is 0 Å². The van der Waals surface area contributed by atoms with E-state index in [1.54, 1.807) is 6.33 Å². The molecule has 0 N–H and O–H groups in total. The molecule has 1 aliphatic rings. The second-order valence-corrected chi connectivity index (χ2v) is 5.97. The minimum atomic E-state index is 0.529. The van der Waals surface area contributed by atoms with Gasteiger partial charge in [-0.25, -0.2) is 9.97 Å². The molecule has 1 aromatic rings. The molecule has 0 radical (unpaired) electrons. The van der Waals surface area contributed by atoms with E-state index in [2.05, 4.69) is 44.6 Å². The summed E-state index contributed by atoms with van der Waals surface area (Å²) in [5.41, 5.74) is 0. The summed E-state index contributed by atoms with van der Waals surface area (Å²) in [5.74, 6) is 2.36. The lowest BCUT2D eigenvalue weighted by atomic mass is 9.99. The summed E-state index contributed by atoms with van der Waals surface area (Å²) in [6.07, 6.45) is 3.76. The van der Waals surface area contributed by atoms with Crippen LogP contribution < -0.4 is 9.64 Å². The zero-order valence-corrected chi connectivity index (χ0v) is 12.6. The van der Waals surface area contributed by atoms with Gasteiger partial charge in [0.2, 0.25) is 5.88 Å². The van der Waals surface area contributed by atoms with Crippen molar-refractivity contribution in [3.8, 4) is 5.88 Å². The van der Waals surface area contributed by atoms with Crippen LogP contribution >= 0.6 is 15.9 Å². The van der Waals surface area contributed by atoms with Gasteiger partial charge in [-0.05, 0) is 18.8 Å². The lowest BCUT2D eigenvalue weighted by molar-refractivity contribution is 0.304. The van der Waals surface area contributed by atoms with Gasteiger partial charge < -0.3 is 9.64 Å². The summed E-state index contributed by atoms with van der Waals surface area (Å²) in [6.45, 7) is 7.11. The van der Waals surface area contributed by atoms with E-state index >= 15 is 0 Å². The molecule has 1 aromatic heterocycles. The Labute approximate surface area is 117 Å². The fourth-order valence-corrected chi connectivity index (χ4v) is 2.63. The number of anilines is 1. The van der Waals surface area contributed by atoms with Crippen LogP contribution in [0.2, 0.25) is 0 Å². The molecule has 1 fully saturated rings. The van der Waals surface area contributed by atoms with Gasteiger partial charge in [-0.2, -0.15) is 0 Å². The smallest absolute Gasteiger partial charge is 0.218 e. The highest BCUT2D eigenvalue weighted by atomic mass is 79.9. The van der Waals surface area contributed by atoms with Crippen LogP contribution in [-0.2, 0) is 0 Å². The molecule has 100 valence electrons. The SMILES string of the molecule is CCCOc1cc(N2CCC(C)C(Br)C2)ncn1. The van der Waals surface area contributed by atoms with Crippen molar-refractivity contribution in [2.24, 2.45) is 5.92 Å². The molecule has 0 aromatic carbocycles. The van der Waals surface area contributed by atoms with Crippen LogP contribution in [0.15, 0.2) is 12.4 Å². The summed E-state index contributed by atoms with van der Waals surface area (Å²) in [7, 11) is 0. The van der Waals surface area contributed by atoms with Gasteiger partial charge in [0, 0.05) is 24.0 Å². The normalized spacial score (nSPS) is 24.1. The molecule has 4 nitrogen and oxygen atoms in total. The Balaban J connectivity index is 2.04. The molecule has 0 aliphatic carbocycles. The van der Waals surface area contributed by atoms with Crippen LogP contribution in [0, 0.1) is 5.92 Å². The molecule has 2 unspecified atom stereocenters. The molecule has 2 heterocycles. The summed E-state index contributed by atoms with van der Waals surface area (Å²) in [6, 6.07) is 1.94. The second-order valence-electron chi connectivity index (χ2n) is 4.79. The van der Waals surface area contributed by atoms with Crippen molar-refractivity contribution in [3.05, 3.63) is 12.4 Å². The van der Waals surface area contributed by atoms with Crippen LogP contribution in [0.25, 0.3) is 0 Å². The predicted molar refractivity (Wildman–Crippen MR) is 76.5 cm³/mol. The molecule has 18 heavy (non-hydrogen) atoms. The first-order valence-electron chi connectivity index (χ1n) is 6.54. The summed E-state index contributed by atoms with van der Waals surface area (Å²) in [5, 5.41) is 0. The highest BCUT2D eigenvalue weighted by molar-refractivity contribution is 9.09. The van der Waals surface area contributed by atoms with E-state index in [1.165, 1.54) is 6.42 Å². The minimum Gasteiger partial charge on any atom is -0.478 e. The summed E-state index contributed by atoms with van der Waals surface area (Å²) < 4.78 is 5.55. The molecule has 0 spiro atoms. The van der Waals surface area contributed by atoms with Crippen molar-refractivity contribution in [2.45, 2.75) is 31.5 Å². The van der Waals surface area contributed by atoms with Gasteiger partial charge in [0.05, 0.1) is 6.61 Å². The van der Waals surface area contributed by atoms with Crippen LogP contribution in [0.4, 0.5) is 5.82 Å². The Kier molecular flexibility index (Phi) is 4.80. The number of piperidine rings is 1. The number of alkyl halides is 1. The highest BCUT2D eigenvalue weighted by Crippen LogP contribution is 2.27. The maximum absolute atomic E-state index is 5.55. The van der Waals surface area contributed by atoms with Crippen molar-refractivity contribution in [1.29, 1.82) is 0 Å². The quantitative estimate of drug-likeness (QED) is 0.801. The first kappa shape index (κ1) is 13.6. The van der Waals surface area contributed by atoms with Crippen LogP contribution in [0.3, 0.4) is 0 Å². The molecular weight excluding hydrogens is 294 g/mol. The fraction of sp³-hybridized carbons (Fsp3) is 0.692. The number of aromatic nitrogens is 2. The lowest BCUT2D eigenvalue weighted by Crippen LogP contribution is -2.40. The third kappa shape index (κ3) is 3.34. The first-order valence-corrected chi connectivity index (χ1v) is 7.46. The Morgan fingerprint density at radius 1 is 1.50 bits per heavy atom. The Morgan fingerprint density at radius 3 is 3.06 bits per heavy atom. The van der Waals surface area contributed by atoms with Crippen molar-refractivity contribution < 1.29 is 4.74 Å². The number of halogens is 1. The Bertz CT molecular complexity index is 388. The average Bonchev–Trinajstić information content (AvgIpc) is 2.40. The number of hydrogen-bond acceptors (Lipinski definition) is 4. The Hall–Kier alpha value is -0.840. The second kappa shape index (κ2) is 6.36. The third-order valence-electron chi connectivity index (χ3n) is 3.27. The Morgan fingerprint density at radius 2 is 2.33 bits per heavy atom. The van der Waals surface area contributed by atoms with Crippen LogP contribution in [0.1, 0.15) is 26.7 Å². The maximum atomic E-state index is 5.55. The minimum absolute atomic E-state index is 0.529. The van der Waals surface area contributed by atoms with Gasteiger partial charge >= 0.3 is 0 Å². The fourth-order valence-electron chi connectivity index (χ4n) is 2.02. The van der Waals surface area contributed by atoms with E-state index in [0.717, 1.165) is 31.2 Å². The molecule has 5 heteroatoms. The molecular formula is C13H20BrN3O. The van der Waals surface area contributed by atoms with E-state index in [1.807, 2.05) is 6.07 Å². The molecule has 0 amide bonds. The van der Waals surface area contributed by atoms with Gasteiger partial charge in [-0.1, -0.05) is 29.8 Å². The van der Waals surface area contributed by atoms with Crippen LogP contribution in [0.5, 0.6) is 5.88 Å². The average molecular weight is 314 g/mol. The zero-order valence-electron chi connectivity index (χ0n) is 11.0. The maximum Gasteiger partial charge on any atom is 0.218 e. The first-order chi connectivity index (χ1) is 8.70. The summed E-state index contributed by atoms with van der Waals surface area (Å²) >= 11 is 3.74. The largest absolute Gasteiger partial charge is 0.478 e. The molecule has 1 saturated heterocycles. The topological polar surface area (TPSA) is 38.2 Å². The van der Waals surface area contributed by atoms with Crippen LogP contribution in [-0.4, -0.2) is 34.5 Å². The van der Waals surface area contributed by atoms with Gasteiger partial charge in [-0.15, -0.1) is 0 Å². The van der Waals surface area contributed by atoms with E-state index in [0.29, 0.717) is 17.3 Å². The molecule has 1 aliphatic heterocycles. The van der Waals surface area contributed by atoms with Crippen molar-refractivity contribution in [2.75, 3.05) is 24.6 Å².